The molecule has 0 radical (unpaired) electrons. The Balaban J connectivity index is 1.14. The van der Waals surface area contributed by atoms with Crippen LogP contribution in [0.2, 0.25) is 0 Å². The summed E-state index contributed by atoms with van der Waals surface area (Å²) in [6.07, 6.45) is 17.4. The molecule has 2 aliphatic carbocycles. The van der Waals surface area contributed by atoms with E-state index in [0.29, 0.717) is 49.2 Å². The Morgan fingerprint density at radius 2 is 1.55 bits per heavy atom. The summed E-state index contributed by atoms with van der Waals surface area (Å²) >= 11 is 0. The third kappa shape index (κ3) is 8.88. The van der Waals surface area contributed by atoms with E-state index in [2.05, 4.69) is 52.0 Å². The molecule has 6 aliphatic heterocycles. The number of hydrogen-bond acceptors (Lipinski definition) is 12. The number of aliphatic hydroxyl groups is 3. The first-order valence-corrected chi connectivity index (χ1v) is 23.7. The molecule has 1 spiro atoms. The van der Waals surface area contributed by atoms with Gasteiger partial charge in [0.2, 0.25) is 0 Å². The number of methoxy groups -OCH3 is 2. The van der Waals surface area contributed by atoms with Gasteiger partial charge < -0.3 is 53.2 Å². The molecule has 12 nitrogen and oxygen atoms in total. The SMILES string of the molecule is CO[C@H]1CC([C@H]2[C@H](C)O[C@@H](C3/C(C)=C/C[C@@H]4C[C@@H](C[C@]5(C=C[C@H](C)[C@@H](C6CCCCC6)O5)O4)OC(=O)[C@@H]4C=C(C)[C@@H](O)[C@H]5OC/C(=C\C=C\[C@@H]3C)[C@]54O)C[C@@H]2OC)O[C@@H](C)[C@@H]1O. The molecular formula is C50H74O12. The summed E-state index contributed by atoms with van der Waals surface area (Å²) in [5, 5.41) is 34.6. The highest BCUT2D eigenvalue weighted by Crippen LogP contribution is 2.48. The van der Waals surface area contributed by atoms with E-state index in [1.807, 2.05) is 19.1 Å². The first-order valence-electron chi connectivity index (χ1n) is 23.7. The number of allylic oxidation sites excluding steroid dienone is 3. The first kappa shape index (κ1) is 46.3. The van der Waals surface area contributed by atoms with Crippen LogP contribution in [0.15, 0.2) is 59.3 Å². The normalized spacial score (nSPS) is 50.4. The summed E-state index contributed by atoms with van der Waals surface area (Å²) in [5.41, 5.74) is 0.428. The van der Waals surface area contributed by atoms with Gasteiger partial charge in [0, 0.05) is 57.7 Å². The highest BCUT2D eigenvalue weighted by Gasteiger charge is 2.60. The molecule has 8 rings (SSSR count). The molecule has 2 unspecified atom stereocenters. The maximum absolute atomic E-state index is 14.5. The highest BCUT2D eigenvalue weighted by atomic mass is 16.7. The van der Waals surface area contributed by atoms with E-state index in [1.165, 1.54) is 19.3 Å². The fraction of sp³-hybridized carbons (Fsp3) is 0.780. The number of carbonyl (C=O) groups excluding carboxylic acids is 1. The van der Waals surface area contributed by atoms with Crippen molar-refractivity contribution in [2.45, 2.75) is 190 Å². The van der Waals surface area contributed by atoms with Gasteiger partial charge in [0.25, 0.3) is 0 Å². The number of hydrogen-bond donors (Lipinski definition) is 3. The monoisotopic (exact) mass is 867 g/mol. The average Bonchev–Trinajstić information content (AvgIpc) is 3.59. The maximum atomic E-state index is 14.5. The topological polar surface area (TPSA) is 152 Å². The van der Waals surface area contributed by atoms with Crippen LogP contribution in [0.1, 0.15) is 106 Å². The second-order valence-corrected chi connectivity index (χ2v) is 20.1. The molecule has 4 saturated heterocycles. The van der Waals surface area contributed by atoms with Crippen LogP contribution < -0.4 is 0 Å². The minimum Gasteiger partial charge on any atom is -0.462 e. The third-order valence-corrected chi connectivity index (χ3v) is 16.1. The fourth-order valence-electron chi connectivity index (χ4n) is 12.6. The van der Waals surface area contributed by atoms with Gasteiger partial charge in [-0.3, -0.25) is 4.79 Å². The quantitative estimate of drug-likeness (QED) is 0.206. The van der Waals surface area contributed by atoms with Crippen LogP contribution in [0.25, 0.3) is 0 Å². The summed E-state index contributed by atoms with van der Waals surface area (Å²) in [6, 6.07) is 0. The van der Waals surface area contributed by atoms with E-state index in [-0.39, 0.29) is 79.1 Å². The minimum absolute atomic E-state index is 0.00607. The molecular weight excluding hydrogens is 793 g/mol. The lowest BCUT2D eigenvalue weighted by atomic mass is 9.71. The Labute approximate surface area is 369 Å². The van der Waals surface area contributed by atoms with Gasteiger partial charge in [-0.15, -0.1) is 0 Å². The number of rotatable bonds is 5. The van der Waals surface area contributed by atoms with Crippen molar-refractivity contribution in [1.82, 2.24) is 0 Å². The van der Waals surface area contributed by atoms with Gasteiger partial charge in [-0.1, -0.05) is 75.1 Å². The second kappa shape index (κ2) is 18.9. The number of carbonyl (C=O) groups is 1. The molecule has 0 aromatic rings. The van der Waals surface area contributed by atoms with Crippen LogP contribution in [0.5, 0.6) is 0 Å². The van der Waals surface area contributed by atoms with Crippen molar-refractivity contribution in [3.63, 3.8) is 0 Å². The molecule has 6 heterocycles. The predicted octanol–water partition coefficient (Wildman–Crippen LogP) is 6.46. The lowest BCUT2D eigenvalue weighted by Crippen LogP contribution is -2.58. The molecule has 3 N–H and O–H groups in total. The molecule has 1 saturated carbocycles. The number of aliphatic hydroxyl groups excluding tert-OH is 2. The van der Waals surface area contributed by atoms with Crippen LogP contribution in [0, 0.1) is 35.5 Å². The Hall–Kier alpha value is -2.23. The molecule has 0 aromatic carbocycles. The van der Waals surface area contributed by atoms with E-state index in [1.54, 1.807) is 27.2 Å². The lowest BCUT2D eigenvalue weighted by molar-refractivity contribution is -0.301. The first-order chi connectivity index (χ1) is 29.7. The van der Waals surface area contributed by atoms with Gasteiger partial charge in [-0.05, 0) is 76.0 Å². The highest BCUT2D eigenvalue weighted by molar-refractivity contribution is 5.78. The van der Waals surface area contributed by atoms with Gasteiger partial charge in [-0.2, -0.15) is 0 Å². The van der Waals surface area contributed by atoms with Crippen LogP contribution in [0.3, 0.4) is 0 Å². The molecule has 0 aromatic heterocycles. The molecule has 346 valence electrons. The zero-order valence-corrected chi connectivity index (χ0v) is 38.2. The molecule has 62 heavy (non-hydrogen) atoms. The lowest BCUT2D eigenvalue weighted by Gasteiger charge is -2.49. The number of fused-ring (bicyclic) bond motifs is 2. The smallest absolute Gasteiger partial charge is 0.316 e. The molecule has 0 amide bonds. The Morgan fingerprint density at radius 3 is 2.29 bits per heavy atom. The number of ether oxygens (including phenoxy) is 8. The zero-order valence-electron chi connectivity index (χ0n) is 38.2. The van der Waals surface area contributed by atoms with E-state index in [0.717, 1.165) is 18.4 Å². The molecule has 19 atom stereocenters. The summed E-state index contributed by atoms with van der Waals surface area (Å²) < 4.78 is 52.2. The molecule has 8 aliphatic rings. The molecule has 2 bridgehead atoms. The van der Waals surface area contributed by atoms with Crippen LogP contribution in [-0.4, -0.2) is 127 Å². The van der Waals surface area contributed by atoms with Gasteiger partial charge >= 0.3 is 5.97 Å². The van der Waals surface area contributed by atoms with Crippen molar-refractivity contribution in [2.24, 2.45) is 35.5 Å². The van der Waals surface area contributed by atoms with Gasteiger partial charge in [-0.25, -0.2) is 0 Å². The Kier molecular flexibility index (Phi) is 14.1. The molecule has 5 fully saturated rings. The third-order valence-electron chi connectivity index (χ3n) is 16.1. The summed E-state index contributed by atoms with van der Waals surface area (Å²) in [5.74, 6) is -2.19. The van der Waals surface area contributed by atoms with Crippen LogP contribution in [0.4, 0.5) is 0 Å². The maximum Gasteiger partial charge on any atom is 0.316 e. The van der Waals surface area contributed by atoms with Gasteiger partial charge in [0.15, 0.2) is 5.79 Å². The van der Waals surface area contributed by atoms with Crippen molar-refractivity contribution in [3.8, 4) is 0 Å². The zero-order chi connectivity index (χ0) is 44.1. The predicted molar refractivity (Wildman–Crippen MR) is 232 cm³/mol. The van der Waals surface area contributed by atoms with E-state index in [9.17, 15) is 20.1 Å². The van der Waals surface area contributed by atoms with Gasteiger partial charge in [0.05, 0.1) is 55.4 Å². The largest absolute Gasteiger partial charge is 0.462 e. The van der Waals surface area contributed by atoms with E-state index >= 15 is 0 Å². The second-order valence-electron chi connectivity index (χ2n) is 20.1. The van der Waals surface area contributed by atoms with Crippen LogP contribution in [-0.2, 0) is 42.7 Å². The van der Waals surface area contributed by atoms with Crippen LogP contribution >= 0.6 is 0 Å². The average molecular weight is 867 g/mol. The van der Waals surface area contributed by atoms with Crippen molar-refractivity contribution in [1.29, 1.82) is 0 Å². The van der Waals surface area contributed by atoms with E-state index in [4.69, 9.17) is 37.9 Å². The number of esters is 1. The van der Waals surface area contributed by atoms with Gasteiger partial charge in [0.1, 0.15) is 35.9 Å². The van der Waals surface area contributed by atoms with E-state index < -0.39 is 47.7 Å². The fourth-order valence-corrected chi connectivity index (χ4v) is 12.6. The Morgan fingerprint density at radius 1 is 0.823 bits per heavy atom. The summed E-state index contributed by atoms with van der Waals surface area (Å²) in [4.78, 5) is 14.5. The summed E-state index contributed by atoms with van der Waals surface area (Å²) in [6.45, 7) is 12.4. The summed E-state index contributed by atoms with van der Waals surface area (Å²) in [7, 11) is 3.39. The minimum atomic E-state index is -1.81. The van der Waals surface area contributed by atoms with Crippen molar-refractivity contribution in [3.05, 3.63) is 59.3 Å². The van der Waals surface area contributed by atoms with Crippen molar-refractivity contribution in [2.75, 3.05) is 20.8 Å². The van der Waals surface area contributed by atoms with Crippen molar-refractivity contribution < 1.29 is 58.0 Å². The molecule has 12 heteroatoms. The van der Waals surface area contributed by atoms with Crippen molar-refractivity contribution >= 4 is 5.97 Å². The standard InChI is InChI=1S/C50H74O12/c1-27-13-12-16-34-26-57-47-44(51)30(4)21-37(50(34,47)54)48(53)60-36-22-35(61-49(25-36)20-19-29(3)46(62-49)33-14-10-9-11-15-33)18-17-28(2)42(27)39-23-38(55-7)43(31(5)58-39)40-24-41(56-8)45(52)32(6)59-40/h12-13,16-17,19-21,27,29,31-33,35-47,51-52,54H,9-11,14-15,18,22-26H2,1-8H3/b13-12+,28-17+,34-16+/t27-,29-,31-,32-,35+,36-,37-,38-,39+,40?,41-,42?,43-,44+,45-,46-,47+,49+,50+/m0/s1. The Bertz CT molecular complexity index is 1750.